The van der Waals surface area contributed by atoms with Crippen molar-refractivity contribution in [2.45, 2.75) is 12.2 Å². The van der Waals surface area contributed by atoms with E-state index in [4.69, 9.17) is 10.00 Å². The summed E-state index contributed by atoms with van der Waals surface area (Å²) in [6.07, 6.45) is 6.60. The number of ether oxygens (including phenoxy) is 1. The maximum Gasteiger partial charge on any atom is 0.130 e. The Balaban J connectivity index is 1.95. The van der Waals surface area contributed by atoms with Crippen LogP contribution >= 0.6 is 0 Å². The molecule has 1 aromatic heterocycles. The predicted octanol–water partition coefficient (Wildman–Crippen LogP) is 0.403. The lowest BCUT2D eigenvalue weighted by atomic mass is 10.2. The first kappa shape index (κ1) is 10.9. The number of pyridine rings is 1. The van der Waals surface area contributed by atoms with Crippen LogP contribution in [-0.4, -0.2) is 34.6 Å². The molecular formula is C12H10N4O2. The van der Waals surface area contributed by atoms with Gasteiger partial charge in [-0.15, -0.1) is 0 Å². The number of hydrogen-bond donors (Lipinski definition) is 1. The van der Waals surface area contributed by atoms with Crippen LogP contribution in [0.25, 0.3) is 0 Å². The van der Waals surface area contributed by atoms with Gasteiger partial charge in [-0.1, -0.05) is 0 Å². The molecule has 18 heavy (non-hydrogen) atoms. The normalized spacial score (nSPS) is 24.9. The minimum atomic E-state index is -0.148. The maximum atomic E-state index is 9.25. The van der Waals surface area contributed by atoms with Gasteiger partial charge in [0.15, 0.2) is 0 Å². The van der Waals surface area contributed by atoms with Crippen molar-refractivity contribution in [3.63, 3.8) is 0 Å². The number of anilines is 1. The van der Waals surface area contributed by atoms with Gasteiger partial charge in [-0.3, -0.25) is 4.98 Å². The summed E-state index contributed by atoms with van der Waals surface area (Å²) >= 11 is 0. The van der Waals surface area contributed by atoms with Crippen molar-refractivity contribution in [3.8, 4) is 6.07 Å². The number of nitrogens with zero attached hydrogens (tertiary/aromatic N) is 4. The third-order valence-corrected chi connectivity index (χ3v) is 2.79. The van der Waals surface area contributed by atoms with Crippen LogP contribution in [0.1, 0.15) is 5.56 Å². The van der Waals surface area contributed by atoms with Gasteiger partial charge < -0.3 is 9.84 Å². The lowest BCUT2D eigenvalue weighted by Gasteiger charge is -2.14. The smallest absolute Gasteiger partial charge is 0.130 e. The van der Waals surface area contributed by atoms with E-state index in [-0.39, 0.29) is 18.8 Å². The molecule has 1 saturated heterocycles. The summed E-state index contributed by atoms with van der Waals surface area (Å²) in [6.45, 7) is -0.148. The van der Waals surface area contributed by atoms with Crippen LogP contribution in [0.2, 0.25) is 0 Å². The van der Waals surface area contributed by atoms with Gasteiger partial charge in [0, 0.05) is 12.4 Å². The van der Waals surface area contributed by atoms with E-state index in [0.717, 1.165) is 0 Å². The van der Waals surface area contributed by atoms with Gasteiger partial charge in [0.25, 0.3) is 0 Å². The highest BCUT2D eigenvalue weighted by molar-refractivity contribution is 5.93. The summed E-state index contributed by atoms with van der Waals surface area (Å²) in [4.78, 5) is 3.98. The number of nitriles is 1. The van der Waals surface area contributed by atoms with Crippen LogP contribution in [0.4, 0.5) is 5.69 Å². The Hall–Kier alpha value is -2.23. The minimum absolute atomic E-state index is 0.00647. The molecule has 0 saturated carbocycles. The fourth-order valence-corrected chi connectivity index (χ4v) is 1.81. The number of fused-ring (bicyclic) bond motifs is 1. The summed E-state index contributed by atoms with van der Waals surface area (Å²) in [5, 5.41) is 24.0. The van der Waals surface area contributed by atoms with Crippen LogP contribution in [0.5, 0.6) is 0 Å². The molecule has 1 N–H and O–H groups in total. The van der Waals surface area contributed by atoms with Gasteiger partial charge >= 0.3 is 0 Å². The quantitative estimate of drug-likeness (QED) is 0.759. The highest BCUT2D eigenvalue weighted by Gasteiger charge is 2.42. The maximum absolute atomic E-state index is 9.25. The molecule has 0 aliphatic carbocycles. The number of aromatic nitrogens is 1. The molecule has 0 radical (unpaired) electrons. The van der Waals surface area contributed by atoms with Crippen molar-refractivity contribution in [2.24, 2.45) is 5.10 Å². The van der Waals surface area contributed by atoms with E-state index >= 15 is 0 Å². The second kappa shape index (κ2) is 4.22. The Labute approximate surface area is 103 Å². The summed E-state index contributed by atoms with van der Waals surface area (Å²) in [7, 11) is 0. The highest BCUT2D eigenvalue weighted by Crippen LogP contribution is 2.29. The number of hydrogen-bond acceptors (Lipinski definition) is 6. The zero-order chi connectivity index (χ0) is 12.5. The van der Waals surface area contributed by atoms with E-state index in [1.807, 2.05) is 12.1 Å². The van der Waals surface area contributed by atoms with Gasteiger partial charge in [-0.2, -0.15) is 10.4 Å². The van der Waals surface area contributed by atoms with Gasteiger partial charge in [0.05, 0.1) is 29.8 Å². The number of aliphatic hydroxyl groups is 1. The standard InChI is InChI=1S/C12H10N4O2/c13-4-8-3-9(6-14-5-8)16-2-1-11-12(18-11)10(7-17)15-16/h1-3,5-6,11-12,17H,7H2. The van der Waals surface area contributed by atoms with Crippen molar-refractivity contribution in [2.75, 3.05) is 11.6 Å². The van der Waals surface area contributed by atoms with E-state index in [1.165, 1.54) is 6.20 Å². The van der Waals surface area contributed by atoms with Crippen LogP contribution in [0.3, 0.4) is 0 Å². The molecule has 3 heterocycles. The Morgan fingerprint density at radius 1 is 1.50 bits per heavy atom. The molecule has 3 rings (SSSR count). The Morgan fingerprint density at radius 3 is 3.17 bits per heavy atom. The molecule has 0 bridgehead atoms. The average Bonchev–Trinajstić information content (AvgIpc) is 3.18. The largest absolute Gasteiger partial charge is 0.390 e. The number of rotatable bonds is 2. The predicted molar refractivity (Wildman–Crippen MR) is 63.8 cm³/mol. The van der Waals surface area contributed by atoms with Crippen LogP contribution in [-0.2, 0) is 4.74 Å². The molecular weight excluding hydrogens is 232 g/mol. The Morgan fingerprint density at radius 2 is 2.39 bits per heavy atom. The average molecular weight is 242 g/mol. The molecule has 6 heteroatoms. The number of aliphatic hydroxyl groups excluding tert-OH is 1. The van der Waals surface area contributed by atoms with Crippen molar-refractivity contribution in [3.05, 3.63) is 36.3 Å². The van der Waals surface area contributed by atoms with Gasteiger partial charge in [-0.05, 0) is 12.1 Å². The van der Waals surface area contributed by atoms with Crippen molar-refractivity contribution < 1.29 is 9.84 Å². The van der Waals surface area contributed by atoms with Gasteiger partial charge in [0.1, 0.15) is 18.3 Å². The monoisotopic (exact) mass is 242 g/mol. The van der Waals surface area contributed by atoms with Crippen LogP contribution in [0.15, 0.2) is 35.8 Å². The molecule has 1 aromatic rings. The van der Waals surface area contributed by atoms with E-state index in [1.54, 1.807) is 23.5 Å². The summed E-state index contributed by atoms with van der Waals surface area (Å²) in [5.41, 5.74) is 1.72. The Bertz CT molecular complexity index is 576. The van der Waals surface area contributed by atoms with Crippen molar-refractivity contribution in [1.82, 2.24) is 4.98 Å². The molecule has 6 nitrogen and oxygen atoms in total. The number of hydrazone groups is 1. The molecule has 2 atom stereocenters. The van der Waals surface area contributed by atoms with Gasteiger partial charge in [-0.25, -0.2) is 5.01 Å². The molecule has 0 aromatic carbocycles. The molecule has 1 fully saturated rings. The molecule has 0 amide bonds. The summed E-state index contributed by atoms with van der Waals surface area (Å²) in [5.74, 6) is 0. The molecule has 90 valence electrons. The zero-order valence-electron chi connectivity index (χ0n) is 9.39. The minimum Gasteiger partial charge on any atom is -0.390 e. The zero-order valence-corrected chi connectivity index (χ0v) is 9.39. The topological polar surface area (TPSA) is 85.0 Å². The lowest BCUT2D eigenvalue weighted by Crippen LogP contribution is -2.18. The molecule has 2 aliphatic rings. The first-order valence-electron chi connectivity index (χ1n) is 5.48. The second-order valence-electron chi connectivity index (χ2n) is 4.00. The second-order valence-corrected chi connectivity index (χ2v) is 4.00. The highest BCUT2D eigenvalue weighted by atomic mass is 16.6. The first-order valence-corrected chi connectivity index (χ1v) is 5.48. The van der Waals surface area contributed by atoms with Crippen molar-refractivity contribution in [1.29, 1.82) is 5.26 Å². The van der Waals surface area contributed by atoms with Crippen LogP contribution in [0, 0.1) is 11.3 Å². The van der Waals surface area contributed by atoms with E-state index < -0.39 is 0 Å². The van der Waals surface area contributed by atoms with Crippen molar-refractivity contribution >= 4 is 11.4 Å². The van der Waals surface area contributed by atoms with Crippen LogP contribution < -0.4 is 5.01 Å². The van der Waals surface area contributed by atoms with E-state index in [0.29, 0.717) is 17.0 Å². The summed E-state index contributed by atoms with van der Waals surface area (Å²) < 4.78 is 5.32. The van der Waals surface area contributed by atoms with E-state index in [2.05, 4.69) is 10.1 Å². The lowest BCUT2D eigenvalue weighted by molar-refractivity contribution is 0.346. The molecule has 2 aliphatic heterocycles. The van der Waals surface area contributed by atoms with Gasteiger partial charge in [0.2, 0.25) is 0 Å². The Kier molecular flexibility index (Phi) is 2.55. The fraction of sp³-hybridized carbons (Fsp3) is 0.250. The third kappa shape index (κ3) is 1.86. The first-order chi connectivity index (χ1) is 8.81. The summed E-state index contributed by atoms with van der Waals surface area (Å²) in [6, 6.07) is 3.72. The molecule has 2 unspecified atom stereocenters. The molecule has 0 spiro atoms. The number of epoxide rings is 1. The van der Waals surface area contributed by atoms with E-state index in [9.17, 15) is 5.11 Å². The SMILES string of the molecule is N#Cc1cncc(N2C=CC3OC3C(CO)=N2)c1. The third-order valence-electron chi connectivity index (χ3n) is 2.79. The fourth-order valence-electron chi connectivity index (χ4n) is 1.81.